The van der Waals surface area contributed by atoms with Gasteiger partial charge in [-0.3, -0.25) is 9.69 Å². The van der Waals surface area contributed by atoms with E-state index >= 15 is 0 Å². The molecule has 1 aromatic carbocycles. The third-order valence-electron chi connectivity index (χ3n) is 3.77. The van der Waals surface area contributed by atoms with Crippen molar-refractivity contribution in [1.29, 1.82) is 0 Å². The zero-order valence-corrected chi connectivity index (χ0v) is 12.6. The normalized spacial score (nSPS) is 21.3. The van der Waals surface area contributed by atoms with E-state index in [1.165, 1.54) is 0 Å². The highest BCUT2D eigenvalue weighted by molar-refractivity contribution is 6.07. The number of rotatable bonds is 3. The monoisotopic (exact) mass is 300 g/mol. The van der Waals surface area contributed by atoms with Gasteiger partial charge in [0.15, 0.2) is 5.82 Å². The summed E-state index contributed by atoms with van der Waals surface area (Å²) in [5, 5.41) is 6.40. The summed E-state index contributed by atoms with van der Waals surface area (Å²) >= 11 is 0. The zero-order chi connectivity index (χ0) is 15.9. The van der Waals surface area contributed by atoms with Crippen LogP contribution in [0, 0.1) is 13.8 Å². The molecule has 1 N–H and O–H groups in total. The van der Waals surface area contributed by atoms with E-state index in [4.69, 9.17) is 4.52 Å². The summed E-state index contributed by atoms with van der Waals surface area (Å²) in [6.07, 6.45) is 0. The SMILES string of the molecule is Cc1ccc([C@@]2(C)NC(=O)N(Cc3nc(C)no3)C2=O)cc1. The average molecular weight is 300 g/mol. The van der Waals surface area contributed by atoms with Crippen LogP contribution in [0.2, 0.25) is 0 Å². The van der Waals surface area contributed by atoms with Crippen molar-refractivity contribution < 1.29 is 14.1 Å². The minimum absolute atomic E-state index is 0.0348. The predicted molar refractivity (Wildman–Crippen MR) is 76.6 cm³/mol. The van der Waals surface area contributed by atoms with Crippen LogP contribution in [0.1, 0.15) is 29.8 Å². The number of imide groups is 1. The highest BCUT2D eigenvalue weighted by Crippen LogP contribution is 2.29. The van der Waals surface area contributed by atoms with Crippen LogP contribution in [0.4, 0.5) is 4.79 Å². The Morgan fingerprint density at radius 1 is 1.23 bits per heavy atom. The number of carbonyl (C=O) groups is 2. The first-order valence-electron chi connectivity index (χ1n) is 6.90. The van der Waals surface area contributed by atoms with Crippen LogP contribution < -0.4 is 5.32 Å². The lowest BCUT2D eigenvalue weighted by molar-refractivity contribution is -0.131. The van der Waals surface area contributed by atoms with Crippen LogP contribution in [0.3, 0.4) is 0 Å². The van der Waals surface area contributed by atoms with Crippen molar-refractivity contribution in [2.45, 2.75) is 32.9 Å². The number of hydrogen-bond acceptors (Lipinski definition) is 5. The van der Waals surface area contributed by atoms with E-state index in [2.05, 4.69) is 15.5 Å². The molecule has 7 nitrogen and oxygen atoms in total. The number of amides is 3. The third-order valence-corrected chi connectivity index (χ3v) is 3.77. The largest absolute Gasteiger partial charge is 0.337 e. The van der Waals surface area contributed by atoms with Crippen molar-refractivity contribution in [2.24, 2.45) is 0 Å². The molecule has 1 saturated heterocycles. The van der Waals surface area contributed by atoms with Gasteiger partial charge in [0, 0.05) is 0 Å². The fraction of sp³-hybridized carbons (Fsp3) is 0.333. The van der Waals surface area contributed by atoms with Gasteiger partial charge in [-0.2, -0.15) is 4.98 Å². The van der Waals surface area contributed by atoms with Crippen LogP contribution in [-0.2, 0) is 16.9 Å². The van der Waals surface area contributed by atoms with Crippen LogP contribution in [0.25, 0.3) is 0 Å². The summed E-state index contributed by atoms with van der Waals surface area (Å²) in [5.41, 5.74) is 0.739. The first-order valence-corrected chi connectivity index (χ1v) is 6.90. The van der Waals surface area contributed by atoms with E-state index in [1.54, 1.807) is 13.8 Å². The van der Waals surface area contributed by atoms with Gasteiger partial charge < -0.3 is 9.84 Å². The first-order chi connectivity index (χ1) is 10.4. The fourth-order valence-electron chi connectivity index (χ4n) is 2.46. The molecular formula is C15H16N4O3. The van der Waals surface area contributed by atoms with Gasteiger partial charge >= 0.3 is 6.03 Å². The summed E-state index contributed by atoms with van der Waals surface area (Å²) in [5.74, 6) is 0.356. The van der Waals surface area contributed by atoms with E-state index in [1.807, 2.05) is 31.2 Å². The van der Waals surface area contributed by atoms with Crippen molar-refractivity contribution in [1.82, 2.24) is 20.4 Å². The number of nitrogens with one attached hydrogen (secondary N) is 1. The average Bonchev–Trinajstić information content (AvgIpc) is 2.97. The molecule has 0 spiro atoms. The Bertz CT molecular complexity index is 738. The third kappa shape index (κ3) is 2.24. The summed E-state index contributed by atoms with van der Waals surface area (Å²) in [4.78, 5) is 30.0. The van der Waals surface area contributed by atoms with Gasteiger partial charge in [0.1, 0.15) is 12.1 Å². The molecule has 3 rings (SSSR count). The number of hydrogen-bond donors (Lipinski definition) is 1. The molecule has 0 saturated carbocycles. The number of aryl methyl sites for hydroxylation is 2. The summed E-state index contributed by atoms with van der Waals surface area (Å²) in [6.45, 7) is 5.30. The molecule has 22 heavy (non-hydrogen) atoms. The Morgan fingerprint density at radius 2 is 1.91 bits per heavy atom. The number of aromatic nitrogens is 2. The topological polar surface area (TPSA) is 88.3 Å². The minimum atomic E-state index is -1.08. The molecule has 1 aromatic heterocycles. The summed E-state index contributed by atoms with van der Waals surface area (Å²) in [7, 11) is 0. The van der Waals surface area contributed by atoms with Crippen LogP contribution >= 0.6 is 0 Å². The second-order valence-corrected chi connectivity index (χ2v) is 5.55. The molecule has 2 aromatic rings. The fourth-order valence-corrected chi connectivity index (χ4v) is 2.46. The minimum Gasteiger partial charge on any atom is -0.337 e. The quantitative estimate of drug-likeness (QED) is 0.871. The maximum atomic E-state index is 12.7. The van der Waals surface area contributed by atoms with Crippen molar-refractivity contribution in [3.63, 3.8) is 0 Å². The van der Waals surface area contributed by atoms with E-state index in [0.29, 0.717) is 5.82 Å². The Morgan fingerprint density at radius 3 is 2.50 bits per heavy atom. The van der Waals surface area contributed by atoms with Crippen LogP contribution in [0.15, 0.2) is 28.8 Å². The Hall–Kier alpha value is -2.70. The molecule has 0 bridgehead atoms. The number of carbonyl (C=O) groups excluding carboxylic acids is 2. The highest BCUT2D eigenvalue weighted by Gasteiger charge is 2.49. The number of nitrogens with zero attached hydrogens (tertiary/aromatic N) is 3. The predicted octanol–water partition coefficient (Wildman–Crippen LogP) is 1.65. The van der Waals surface area contributed by atoms with E-state index in [-0.39, 0.29) is 18.3 Å². The molecule has 1 atom stereocenters. The molecule has 1 aliphatic rings. The molecule has 0 unspecified atom stereocenters. The van der Waals surface area contributed by atoms with Gasteiger partial charge in [-0.05, 0) is 26.3 Å². The van der Waals surface area contributed by atoms with E-state index < -0.39 is 11.6 Å². The van der Waals surface area contributed by atoms with Gasteiger partial charge in [0.2, 0.25) is 5.89 Å². The summed E-state index contributed by atoms with van der Waals surface area (Å²) in [6, 6.07) is 7.03. The lowest BCUT2D eigenvalue weighted by Gasteiger charge is -2.22. The van der Waals surface area contributed by atoms with Crippen molar-refractivity contribution in [2.75, 3.05) is 0 Å². The van der Waals surface area contributed by atoms with Gasteiger partial charge in [0.05, 0.1) is 0 Å². The van der Waals surface area contributed by atoms with E-state index in [0.717, 1.165) is 16.0 Å². The van der Waals surface area contributed by atoms with Gasteiger partial charge in [-0.1, -0.05) is 35.0 Å². The second-order valence-electron chi connectivity index (χ2n) is 5.55. The van der Waals surface area contributed by atoms with Crippen LogP contribution in [0.5, 0.6) is 0 Å². The molecule has 3 amide bonds. The van der Waals surface area contributed by atoms with Gasteiger partial charge in [-0.15, -0.1) is 0 Å². The molecule has 1 fully saturated rings. The first kappa shape index (κ1) is 14.2. The Kier molecular flexibility index (Phi) is 3.20. The standard InChI is InChI=1S/C15H16N4O3/c1-9-4-6-11(7-5-9)15(3)13(20)19(14(21)17-15)8-12-16-10(2)18-22-12/h4-7H,8H2,1-3H3,(H,17,21)/t15-/m1/s1. The Labute approximate surface area is 127 Å². The van der Waals surface area contributed by atoms with Crippen LogP contribution in [-0.4, -0.2) is 27.0 Å². The number of urea groups is 1. The molecule has 1 aliphatic heterocycles. The molecule has 0 aliphatic carbocycles. The van der Waals surface area contributed by atoms with Gasteiger partial charge in [-0.25, -0.2) is 4.79 Å². The molecule has 114 valence electrons. The second kappa shape index (κ2) is 4.94. The zero-order valence-electron chi connectivity index (χ0n) is 12.6. The lowest BCUT2D eigenvalue weighted by Crippen LogP contribution is -2.40. The molecule has 0 radical (unpaired) electrons. The number of benzene rings is 1. The smallest absolute Gasteiger partial charge is 0.325 e. The maximum Gasteiger partial charge on any atom is 0.325 e. The lowest BCUT2D eigenvalue weighted by atomic mass is 9.91. The van der Waals surface area contributed by atoms with Crippen molar-refractivity contribution in [3.8, 4) is 0 Å². The molecule has 2 heterocycles. The van der Waals surface area contributed by atoms with E-state index in [9.17, 15) is 9.59 Å². The highest BCUT2D eigenvalue weighted by atomic mass is 16.5. The van der Waals surface area contributed by atoms with Crippen molar-refractivity contribution >= 4 is 11.9 Å². The summed E-state index contributed by atoms with van der Waals surface area (Å²) < 4.78 is 4.98. The van der Waals surface area contributed by atoms with Crippen molar-refractivity contribution in [3.05, 3.63) is 47.1 Å². The maximum absolute atomic E-state index is 12.7. The molecule has 7 heteroatoms. The molecular weight excluding hydrogens is 284 g/mol. The Balaban J connectivity index is 1.88. The van der Waals surface area contributed by atoms with Gasteiger partial charge in [0.25, 0.3) is 5.91 Å².